The maximum atomic E-state index is 12.4. The van der Waals surface area contributed by atoms with E-state index in [0.717, 1.165) is 0 Å². The van der Waals surface area contributed by atoms with Crippen molar-refractivity contribution in [2.45, 2.75) is 60.8 Å². The highest BCUT2D eigenvalue weighted by Gasteiger charge is 2.41. The third-order valence-corrected chi connectivity index (χ3v) is 4.38. The molecule has 0 radical (unpaired) electrons. The standard InChI is InChI=1S/C21H36O6/c1-13(2)10-25-19(22)16-7-17(20(23)26-11-14(3)4)9-18(8-16)21(24)27-12-15(5)6/h13-18H,7-12H2,1-6H3. The average molecular weight is 385 g/mol. The van der Waals surface area contributed by atoms with E-state index in [-0.39, 0.29) is 35.7 Å². The second-order valence-corrected chi connectivity index (χ2v) is 8.87. The first-order valence-electron chi connectivity index (χ1n) is 10.1. The number of ether oxygens (including phenoxy) is 3. The molecule has 27 heavy (non-hydrogen) atoms. The summed E-state index contributed by atoms with van der Waals surface area (Å²) in [4.78, 5) is 37.3. The second-order valence-electron chi connectivity index (χ2n) is 8.87. The Kier molecular flexibility index (Phi) is 9.81. The normalized spacial score (nSPS) is 22.8. The van der Waals surface area contributed by atoms with Gasteiger partial charge in [0.25, 0.3) is 0 Å². The molecule has 0 aliphatic heterocycles. The van der Waals surface area contributed by atoms with Crippen LogP contribution in [-0.4, -0.2) is 37.7 Å². The van der Waals surface area contributed by atoms with E-state index in [9.17, 15) is 14.4 Å². The van der Waals surface area contributed by atoms with Crippen molar-refractivity contribution in [2.24, 2.45) is 35.5 Å². The van der Waals surface area contributed by atoms with Gasteiger partial charge in [0.15, 0.2) is 0 Å². The van der Waals surface area contributed by atoms with E-state index in [0.29, 0.717) is 39.1 Å². The fourth-order valence-corrected chi connectivity index (χ4v) is 3.00. The molecule has 1 fully saturated rings. The van der Waals surface area contributed by atoms with Crippen LogP contribution in [0.1, 0.15) is 60.8 Å². The van der Waals surface area contributed by atoms with Crippen molar-refractivity contribution in [3.8, 4) is 0 Å². The first-order chi connectivity index (χ1) is 12.6. The maximum Gasteiger partial charge on any atom is 0.308 e. The Morgan fingerprint density at radius 1 is 0.593 bits per heavy atom. The van der Waals surface area contributed by atoms with E-state index < -0.39 is 17.8 Å². The van der Waals surface area contributed by atoms with Gasteiger partial charge in [0, 0.05) is 0 Å². The van der Waals surface area contributed by atoms with Crippen LogP contribution in [0.15, 0.2) is 0 Å². The molecule has 1 aliphatic carbocycles. The lowest BCUT2D eigenvalue weighted by molar-refractivity contribution is -0.162. The minimum absolute atomic E-state index is 0.233. The van der Waals surface area contributed by atoms with E-state index in [4.69, 9.17) is 14.2 Å². The van der Waals surface area contributed by atoms with Crippen LogP contribution >= 0.6 is 0 Å². The Bertz CT molecular complexity index is 420. The third kappa shape index (κ3) is 8.76. The summed E-state index contributed by atoms with van der Waals surface area (Å²) in [6, 6.07) is 0. The summed E-state index contributed by atoms with van der Waals surface area (Å²) >= 11 is 0. The molecule has 0 unspecified atom stereocenters. The van der Waals surface area contributed by atoms with Gasteiger partial charge in [-0.25, -0.2) is 0 Å². The number of rotatable bonds is 9. The van der Waals surface area contributed by atoms with E-state index in [1.807, 2.05) is 41.5 Å². The Hall–Kier alpha value is -1.59. The van der Waals surface area contributed by atoms with Crippen LogP contribution in [0.5, 0.6) is 0 Å². The van der Waals surface area contributed by atoms with Gasteiger partial charge in [0.2, 0.25) is 0 Å². The molecule has 1 rings (SSSR count). The summed E-state index contributed by atoms with van der Waals surface area (Å²) in [5.74, 6) is -1.77. The molecule has 0 aromatic carbocycles. The van der Waals surface area contributed by atoms with Crippen LogP contribution in [-0.2, 0) is 28.6 Å². The van der Waals surface area contributed by atoms with Crippen LogP contribution in [0.3, 0.4) is 0 Å². The van der Waals surface area contributed by atoms with Crippen LogP contribution in [0.25, 0.3) is 0 Å². The highest BCUT2D eigenvalue weighted by molar-refractivity contribution is 5.80. The monoisotopic (exact) mass is 384 g/mol. The molecule has 6 nitrogen and oxygen atoms in total. The lowest BCUT2D eigenvalue weighted by Gasteiger charge is -2.32. The molecule has 0 N–H and O–H groups in total. The number of hydrogen-bond acceptors (Lipinski definition) is 6. The molecule has 0 saturated heterocycles. The fraction of sp³-hybridized carbons (Fsp3) is 0.857. The molecule has 0 amide bonds. The van der Waals surface area contributed by atoms with Crippen LogP contribution in [0.2, 0.25) is 0 Å². The minimum Gasteiger partial charge on any atom is -0.465 e. The van der Waals surface area contributed by atoms with Crippen molar-refractivity contribution >= 4 is 17.9 Å². The van der Waals surface area contributed by atoms with E-state index >= 15 is 0 Å². The molecule has 156 valence electrons. The van der Waals surface area contributed by atoms with Gasteiger partial charge < -0.3 is 14.2 Å². The van der Waals surface area contributed by atoms with E-state index in [1.165, 1.54) is 0 Å². The van der Waals surface area contributed by atoms with Gasteiger partial charge in [-0.1, -0.05) is 41.5 Å². The Morgan fingerprint density at radius 2 is 0.815 bits per heavy atom. The molecule has 0 aromatic heterocycles. The molecule has 1 aliphatic rings. The predicted molar refractivity (Wildman–Crippen MR) is 102 cm³/mol. The number of carbonyl (C=O) groups excluding carboxylic acids is 3. The Labute approximate surface area is 163 Å². The first-order valence-corrected chi connectivity index (χ1v) is 10.1. The van der Waals surface area contributed by atoms with Gasteiger partial charge in [-0.3, -0.25) is 14.4 Å². The maximum absolute atomic E-state index is 12.4. The van der Waals surface area contributed by atoms with Crippen molar-refractivity contribution < 1.29 is 28.6 Å². The Morgan fingerprint density at radius 3 is 1.00 bits per heavy atom. The first kappa shape index (κ1) is 23.4. The summed E-state index contributed by atoms with van der Waals surface area (Å²) in [6.45, 7) is 12.8. The lowest BCUT2D eigenvalue weighted by atomic mass is 9.75. The van der Waals surface area contributed by atoms with E-state index in [1.54, 1.807) is 0 Å². The molecule has 0 atom stereocenters. The quantitative estimate of drug-likeness (QED) is 0.446. The smallest absolute Gasteiger partial charge is 0.308 e. The van der Waals surface area contributed by atoms with Crippen molar-refractivity contribution in [3.63, 3.8) is 0 Å². The van der Waals surface area contributed by atoms with Crippen LogP contribution in [0, 0.1) is 35.5 Å². The largest absolute Gasteiger partial charge is 0.465 e. The van der Waals surface area contributed by atoms with Gasteiger partial charge >= 0.3 is 17.9 Å². The molecular weight excluding hydrogens is 348 g/mol. The van der Waals surface area contributed by atoms with Crippen LogP contribution < -0.4 is 0 Å². The zero-order chi connectivity index (χ0) is 20.6. The molecule has 6 heteroatoms. The van der Waals surface area contributed by atoms with Gasteiger partial charge in [-0.2, -0.15) is 0 Å². The average Bonchev–Trinajstić information content (AvgIpc) is 2.61. The van der Waals surface area contributed by atoms with Crippen molar-refractivity contribution in [2.75, 3.05) is 19.8 Å². The highest BCUT2D eigenvalue weighted by Crippen LogP contribution is 2.36. The fourth-order valence-electron chi connectivity index (χ4n) is 3.00. The minimum atomic E-state index is -0.481. The van der Waals surface area contributed by atoms with Crippen molar-refractivity contribution in [3.05, 3.63) is 0 Å². The highest BCUT2D eigenvalue weighted by atomic mass is 16.5. The van der Waals surface area contributed by atoms with Crippen LogP contribution in [0.4, 0.5) is 0 Å². The summed E-state index contributed by atoms with van der Waals surface area (Å²) in [5, 5.41) is 0. The SMILES string of the molecule is CC(C)COC(=O)C1CC(C(=O)OCC(C)C)CC(C(=O)OCC(C)C)C1. The van der Waals surface area contributed by atoms with Gasteiger partial charge in [-0.15, -0.1) is 0 Å². The lowest BCUT2D eigenvalue weighted by Crippen LogP contribution is -2.37. The summed E-state index contributed by atoms with van der Waals surface area (Å²) in [7, 11) is 0. The van der Waals surface area contributed by atoms with Gasteiger partial charge in [-0.05, 0) is 37.0 Å². The predicted octanol–water partition coefficient (Wildman–Crippen LogP) is 3.62. The molecule has 0 heterocycles. The zero-order valence-corrected chi connectivity index (χ0v) is 17.7. The van der Waals surface area contributed by atoms with Gasteiger partial charge in [0.1, 0.15) is 0 Å². The zero-order valence-electron chi connectivity index (χ0n) is 17.7. The third-order valence-electron chi connectivity index (χ3n) is 4.38. The second kappa shape index (κ2) is 11.3. The molecular formula is C21H36O6. The number of hydrogen-bond donors (Lipinski definition) is 0. The topological polar surface area (TPSA) is 78.9 Å². The number of esters is 3. The molecule has 0 aromatic rings. The number of carbonyl (C=O) groups is 3. The molecule has 1 saturated carbocycles. The van der Waals surface area contributed by atoms with Crippen molar-refractivity contribution in [1.82, 2.24) is 0 Å². The Balaban J connectivity index is 2.79. The van der Waals surface area contributed by atoms with Crippen molar-refractivity contribution in [1.29, 1.82) is 0 Å². The van der Waals surface area contributed by atoms with Gasteiger partial charge in [0.05, 0.1) is 37.6 Å². The molecule has 0 bridgehead atoms. The summed E-state index contributed by atoms with van der Waals surface area (Å²) in [5.41, 5.74) is 0. The van der Waals surface area contributed by atoms with E-state index in [2.05, 4.69) is 0 Å². The summed E-state index contributed by atoms with van der Waals surface area (Å²) < 4.78 is 16.1. The molecule has 0 spiro atoms. The summed E-state index contributed by atoms with van der Waals surface area (Å²) in [6.07, 6.45) is 1.09.